The van der Waals surface area contributed by atoms with Crippen LogP contribution < -0.4 is 10.1 Å². The molecular weight excluding hydrogens is 630 g/mol. The zero-order valence-corrected chi connectivity index (χ0v) is 31.2. The minimum Gasteiger partial charge on any atom is -0.504 e. The van der Waals surface area contributed by atoms with Crippen molar-refractivity contribution in [1.82, 2.24) is 24.9 Å². The molecule has 10 heteroatoms. The lowest BCUT2D eigenvalue weighted by molar-refractivity contribution is -0.132. The Kier molecular flexibility index (Phi) is 14.7. The summed E-state index contributed by atoms with van der Waals surface area (Å²) in [4.78, 5) is 33.2. The van der Waals surface area contributed by atoms with Crippen LogP contribution >= 0.6 is 0 Å². The van der Waals surface area contributed by atoms with Crippen molar-refractivity contribution >= 4 is 11.9 Å². The second kappa shape index (κ2) is 18.9. The zero-order valence-electron chi connectivity index (χ0n) is 31.2. The number of ether oxygens (including phenoxy) is 2. The monoisotopic (exact) mass is 689 g/mol. The Morgan fingerprint density at radius 1 is 0.960 bits per heavy atom. The Morgan fingerprint density at radius 2 is 1.70 bits per heavy atom. The third-order valence-corrected chi connectivity index (χ3v) is 10.00. The van der Waals surface area contributed by atoms with Crippen LogP contribution in [0.15, 0.2) is 77.1 Å². The van der Waals surface area contributed by atoms with Gasteiger partial charge >= 0.3 is 6.03 Å². The first-order chi connectivity index (χ1) is 24.2. The molecule has 0 radical (unpaired) electrons. The summed E-state index contributed by atoms with van der Waals surface area (Å²) in [6, 6.07) is 5.33. The van der Waals surface area contributed by atoms with Crippen LogP contribution in [0.5, 0.6) is 11.5 Å². The van der Waals surface area contributed by atoms with E-state index < -0.39 is 5.54 Å². The van der Waals surface area contributed by atoms with Crippen LogP contribution in [0.25, 0.3) is 0 Å². The lowest BCUT2D eigenvalue weighted by Gasteiger charge is -2.29. The maximum Gasteiger partial charge on any atom is 0.327 e. The van der Waals surface area contributed by atoms with Crippen molar-refractivity contribution in [1.29, 1.82) is 0 Å². The van der Waals surface area contributed by atoms with Crippen LogP contribution in [0, 0.1) is 0 Å². The quantitative estimate of drug-likeness (QED) is 0.304. The normalized spacial score (nSPS) is 21.6. The Bertz CT molecular complexity index is 1470. The number of hydrogen-bond acceptors (Lipinski definition) is 8. The summed E-state index contributed by atoms with van der Waals surface area (Å²) in [5.74, 6) is 0.734. The third-order valence-electron chi connectivity index (χ3n) is 10.00. The number of fused-ring (bicyclic) bond motifs is 2. The number of phenols is 1. The molecule has 3 amide bonds. The average Bonchev–Trinajstić information content (AvgIpc) is 3.42. The number of imide groups is 1. The molecule has 0 spiro atoms. The molecule has 10 nitrogen and oxygen atoms in total. The van der Waals surface area contributed by atoms with Gasteiger partial charge in [-0.3, -0.25) is 14.6 Å². The van der Waals surface area contributed by atoms with E-state index >= 15 is 0 Å². The number of likely N-dealkylation sites (N-methyl/N-ethyl adjacent to an activating group) is 1. The summed E-state index contributed by atoms with van der Waals surface area (Å²) in [7, 11) is 5.81. The molecule has 50 heavy (non-hydrogen) atoms. The molecule has 2 N–H and O–H groups in total. The maximum absolute atomic E-state index is 12.9. The van der Waals surface area contributed by atoms with Crippen molar-refractivity contribution in [2.24, 2.45) is 0 Å². The van der Waals surface area contributed by atoms with Gasteiger partial charge in [-0.25, -0.2) is 4.79 Å². The van der Waals surface area contributed by atoms with Gasteiger partial charge in [0.25, 0.3) is 5.91 Å². The third kappa shape index (κ3) is 9.27. The van der Waals surface area contributed by atoms with Gasteiger partial charge in [0.1, 0.15) is 5.54 Å². The van der Waals surface area contributed by atoms with E-state index in [1.165, 1.54) is 27.3 Å². The van der Waals surface area contributed by atoms with Gasteiger partial charge in [-0.15, -0.1) is 0 Å². The van der Waals surface area contributed by atoms with Crippen molar-refractivity contribution in [3.63, 3.8) is 0 Å². The summed E-state index contributed by atoms with van der Waals surface area (Å²) in [6.45, 7) is 12.8. The molecule has 3 saturated heterocycles. The lowest BCUT2D eigenvalue weighted by atomic mass is 9.96. The minimum atomic E-state index is -0.627. The first-order valence-corrected chi connectivity index (χ1v) is 18.3. The summed E-state index contributed by atoms with van der Waals surface area (Å²) in [6.07, 6.45) is 19.4. The van der Waals surface area contributed by atoms with E-state index in [1.54, 1.807) is 24.1 Å². The number of aromatic hydroxyl groups is 1. The van der Waals surface area contributed by atoms with E-state index in [9.17, 15) is 14.7 Å². The summed E-state index contributed by atoms with van der Waals surface area (Å²) < 4.78 is 10.2. The number of benzene rings is 1. The van der Waals surface area contributed by atoms with Crippen LogP contribution in [-0.2, 0) is 16.0 Å². The highest BCUT2D eigenvalue weighted by Gasteiger charge is 2.58. The highest BCUT2D eigenvalue weighted by Crippen LogP contribution is 2.37. The summed E-state index contributed by atoms with van der Waals surface area (Å²) in [5.41, 5.74) is 6.13. The van der Waals surface area contributed by atoms with Crippen LogP contribution in [0.4, 0.5) is 4.79 Å². The number of nitrogens with zero attached hydrogens (tertiary/aromatic N) is 4. The number of phenolic OH excluding ortho intramolecular Hbond substituents is 1. The lowest BCUT2D eigenvalue weighted by Crippen LogP contribution is -2.52. The van der Waals surface area contributed by atoms with Crippen molar-refractivity contribution in [2.75, 3.05) is 80.2 Å². The molecule has 3 fully saturated rings. The first-order valence-electron chi connectivity index (χ1n) is 18.3. The number of methoxy groups -OCH3 is 1. The average molecular weight is 690 g/mol. The number of carbonyl (C=O) groups excluding carboxylic acids is 2. The highest BCUT2D eigenvalue weighted by atomic mass is 16.5. The topological polar surface area (TPSA) is 97.8 Å². The van der Waals surface area contributed by atoms with Crippen LogP contribution in [-0.4, -0.2) is 122 Å². The van der Waals surface area contributed by atoms with Crippen molar-refractivity contribution in [3.8, 4) is 11.5 Å². The fourth-order valence-electron chi connectivity index (χ4n) is 7.08. The number of amides is 3. The highest BCUT2D eigenvalue weighted by molar-refractivity contribution is 6.07. The molecule has 0 saturated carbocycles. The van der Waals surface area contributed by atoms with Gasteiger partial charge in [0.05, 0.1) is 20.3 Å². The largest absolute Gasteiger partial charge is 0.504 e. The number of aryl methyl sites for hydroxylation is 1. The number of carbonyl (C=O) groups is 2. The summed E-state index contributed by atoms with van der Waals surface area (Å²) in [5, 5.41) is 12.6. The minimum absolute atomic E-state index is 0.00999. The van der Waals surface area contributed by atoms with E-state index in [1.807, 2.05) is 19.9 Å². The fraction of sp³-hybridized carbons (Fsp3) is 0.550. The molecule has 5 aliphatic rings. The predicted molar refractivity (Wildman–Crippen MR) is 200 cm³/mol. The number of nitrogens with one attached hydrogen (secondary N) is 1. The van der Waals surface area contributed by atoms with E-state index in [-0.39, 0.29) is 17.7 Å². The van der Waals surface area contributed by atoms with Gasteiger partial charge in [-0.1, -0.05) is 63.3 Å². The number of hydrogen-bond donors (Lipinski definition) is 2. The molecule has 0 unspecified atom stereocenters. The zero-order chi connectivity index (χ0) is 36.1. The van der Waals surface area contributed by atoms with Crippen LogP contribution in [0.3, 0.4) is 0 Å². The van der Waals surface area contributed by atoms with Crippen LogP contribution in [0.2, 0.25) is 0 Å². The van der Waals surface area contributed by atoms with Gasteiger partial charge in [-0.05, 0) is 67.5 Å². The molecule has 1 atom stereocenters. The molecule has 274 valence electrons. The molecule has 0 bridgehead atoms. The number of morpholine rings is 1. The number of urea groups is 1. The van der Waals surface area contributed by atoms with Crippen molar-refractivity contribution in [2.45, 2.75) is 64.8 Å². The van der Waals surface area contributed by atoms with Gasteiger partial charge in [0.2, 0.25) is 0 Å². The Morgan fingerprint density at radius 3 is 2.34 bits per heavy atom. The summed E-state index contributed by atoms with van der Waals surface area (Å²) >= 11 is 0. The van der Waals surface area contributed by atoms with Crippen molar-refractivity contribution in [3.05, 3.63) is 82.6 Å². The smallest absolute Gasteiger partial charge is 0.327 e. The number of rotatable bonds is 10. The molecule has 3 aliphatic heterocycles. The predicted octanol–water partition coefficient (Wildman–Crippen LogP) is 5.67. The standard InChI is InChI=1S/C16H21N.C15H26N4O3.C9H12O2/c1-4-13-9-8-12-16(17(2)3)15-11-7-5-6-10-14(13)15;1-2-16-12-15-4-3-5-19(15)14(21)18(13(15)20)7-6-17-8-10-22-11-9-17;1-3-7-4-5-9(11-2)8(10)6-7/h6-11H,4-5,12H2,1-3H3;16H,2-12H2,1H3;4-6,10H,3H2,1-2H3/t;15-;/m.1./s1. The Labute approximate surface area is 299 Å². The van der Waals surface area contributed by atoms with E-state index in [4.69, 9.17) is 9.47 Å². The van der Waals surface area contributed by atoms with Crippen molar-refractivity contribution < 1.29 is 24.2 Å². The fourth-order valence-corrected chi connectivity index (χ4v) is 7.08. The van der Waals surface area contributed by atoms with Gasteiger partial charge in [0.15, 0.2) is 11.5 Å². The van der Waals surface area contributed by atoms with Gasteiger partial charge < -0.3 is 29.7 Å². The molecule has 1 aromatic rings. The Balaban J connectivity index is 0.000000179. The molecule has 0 aromatic heterocycles. The first kappa shape index (κ1) is 38.9. The second-order valence-corrected chi connectivity index (χ2v) is 13.3. The molecule has 2 aliphatic carbocycles. The SMILES string of the molecule is CCC1=C2C=CCC=CC2=C(N(C)C)CC=C1.CCNC[C@@]12CCCN1C(=O)N(CCN1CCOCC1)C2=O.CCc1ccc(OC)c(O)c1. The maximum atomic E-state index is 12.9. The molecular formula is C40H59N5O5. The Hall–Kier alpha value is -3.86. The number of allylic oxidation sites excluding steroid dienone is 9. The van der Waals surface area contributed by atoms with E-state index in [2.05, 4.69) is 72.6 Å². The van der Waals surface area contributed by atoms with Gasteiger partial charge in [-0.2, -0.15) is 0 Å². The molecule has 3 heterocycles. The molecule has 1 aromatic carbocycles. The van der Waals surface area contributed by atoms with Gasteiger partial charge in [0, 0.05) is 71.1 Å². The molecule has 6 rings (SSSR count). The van der Waals surface area contributed by atoms with E-state index in [0.29, 0.717) is 25.4 Å². The second-order valence-electron chi connectivity index (χ2n) is 13.3. The van der Waals surface area contributed by atoms with E-state index in [0.717, 1.165) is 83.5 Å². The van der Waals surface area contributed by atoms with Crippen LogP contribution in [0.1, 0.15) is 58.4 Å².